The lowest BCUT2D eigenvalue weighted by molar-refractivity contribution is 0.594. The van der Waals surface area contributed by atoms with Crippen LogP contribution in [0.1, 0.15) is 5.56 Å². The van der Waals surface area contributed by atoms with E-state index < -0.39 is 0 Å². The summed E-state index contributed by atoms with van der Waals surface area (Å²) < 4.78 is 14.5. The molecule has 0 bridgehead atoms. The Morgan fingerprint density at radius 3 is 2.25 bits per heavy atom. The van der Waals surface area contributed by atoms with E-state index in [2.05, 4.69) is 24.9 Å². The summed E-state index contributed by atoms with van der Waals surface area (Å²) in [6.45, 7) is 3.23. The smallest absolute Gasteiger partial charge is 0.267 e. The van der Waals surface area contributed by atoms with Crippen molar-refractivity contribution in [1.82, 2.24) is 19.7 Å². The Labute approximate surface area is 166 Å². The van der Waals surface area contributed by atoms with E-state index in [1.165, 1.54) is 22.9 Å². The number of hydrogen-bond acceptors (Lipinski definition) is 6. The average Bonchev–Trinajstić information content (AvgIpc) is 2.72. The highest BCUT2D eigenvalue weighted by atomic mass is 35.5. The van der Waals surface area contributed by atoms with Crippen molar-refractivity contribution in [2.75, 3.05) is 36.0 Å². The lowest BCUT2D eigenvalue weighted by atomic mass is 10.2. The first-order valence-corrected chi connectivity index (χ1v) is 9.26. The van der Waals surface area contributed by atoms with Crippen LogP contribution in [0.4, 0.5) is 16.2 Å². The fourth-order valence-corrected chi connectivity index (χ4v) is 3.18. The van der Waals surface area contributed by atoms with Crippen molar-refractivity contribution in [3.8, 4) is 0 Å². The third-order valence-electron chi connectivity index (χ3n) is 4.59. The zero-order valence-corrected chi connectivity index (χ0v) is 15.8. The van der Waals surface area contributed by atoms with Gasteiger partial charge in [0.2, 0.25) is 5.95 Å². The van der Waals surface area contributed by atoms with Crippen LogP contribution >= 0.6 is 11.6 Å². The van der Waals surface area contributed by atoms with E-state index >= 15 is 0 Å². The molecule has 1 aromatic carbocycles. The molecule has 1 aliphatic heterocycles. The zero-order chi connectivity index (χ0) is 19.5. The van der Waals surface area contributed by atoms with E-state index in [-0.39, 0.29) is 11.4 Å². The first-order valence-electron chi connectivity index (χ1n) is 8.88. The number of benzene rings is 1. The summed E-state index contributed by atoms with van der Waals surface area (Å²) in [6, 6.07) is 9.31. The van der Waals surface area contributed by atoms with Gasteiger partial charge in [-0.25, -0.2) is 19.0 Å². The van der Waals surface area contributed by atoms with Crippen molar-refractivity contribution in [2.45, 2.75) is 6.54 Å². The minimum Gasteiger partial charge on any atom is -0.352 e. The summed E-state index contributed by atoms with van der Waals surface area (Å²) in [6.07, 6.45) is 3.17. The molecule has 28 heavy (non-hydrogen) atoms. The van der Waals surface area contributed by atoms with Crippen molar-refractivity contribution in [3.05, 3.63) is 75.5 Å². The minimum atomic E-state index is -0.305. The summed E-state index contributed by atoms with van der Waals surface area (Å²) in [5.41, 5.74) is 0.624. The van der Waals surface area contributed by atoms with Crippen LogP contribution in [0.25, 0.3) is 0 Å². The van der Waals surface area contributed by atoms with Crippen LogP contribution in [0.5, 0.6) is 0 Å². The van der Waals surface area contributed by atoms with E-state index in [1.807, 2.05) is 0 Å². The molecule has 0 aliphatic carbocycles. The predicted octanol–water partition coefficient (Wildman–Crippen LogP) is 2.20. The molecule has 144 valence electrons. The van der Waals surface area contributed by atoms with E-state index in [0.717, 1.165) is 37.6 Å². The van der Waals surface area contributed by atoms with Crippen molar-refractivity contribution in [3.63, 3.8) is 0 Å². The highest BCUT2D eigenvalue weighted by Gasteiger charge is 2.20. The molecular weight excluding hydrogens is 383 g/mol. The molecule has 0 atom stereocenters. The van der Waals surface area contributed by atoms with Crippen LogP contribution in [0.2, 0.25) is 5.02 Å². The van der Waals surface area contributed by atoms with Gasteiger partial charge in [0.15, 0.2) is 0 Å². The van der Waals surface area contributed by atoms with Crippen LogP contribution in [-0.2, 0) is 6.54 Å². The molecule has 0 N–H and O–H groups in total. The summed E-state index contributed by atoms with van der Waals surface area (Å²) >= 11 is 5.84. The molecule has 0 amide bonds. The maximum absolute atomic E-state index is 13.1. The van der Waals surface area contributed by atoms with Gasteiger partial charge < -0.3 is 9.80 Å². The molecule has 0 spiro atoms. The van der Waals surface area contributed by atoms with Gasteiger partial charge in [-0.15, -0.1) is 0 Å². The van der Waals surface area contributed by atoms with Crippen LogP contribution < -0.4 is 15.4 Å². The second kappa shape index (κ2) is 7.93. The standard InChI is InChI=1S/C19H18ClFN6O/c20-15-11-22-19(23-12-15)26-9-7-25(8-10-26)17-5-6-18(28)27(24-17)13-14-1-3-16(21)4-2-14/h1-6,11-12H,7-10,13H2. The quantitative estimate of drug-likeness (QED) is 0.669. The Balaban J connectivity index is 1.45. The van der Waals surface area contributed by atoms with Crippen LogP contribution in [0.15, 0.2) is 53.6 Å². The Morgan fingerprint density at radius 1 is 0.929 bits per heavy atom. The topological polar surface area (TPSA) is 67.2 Å². The highest BCUT2D eigenvalue weighted by molar-refractivity contribution is 6.30. The van der Waals surface area contributed by atoms with Gasteiger partial charge in [-0.1, -0.05) is 23.7 Å². The molecule has 9 heteroatoms. The number of piperazine rings is 1. The number of anilines is 2. The molecule has 2 aromatic heterocycles. The van der Waals surface area contributed by atoms with Gasteiger partial charge in [0.1, 0.15) is 11.6 Å². The highest BCUT2D eigenvalue weighted by Crippen LogP contribution is 2.16. The Morgan fingerprint density at radius 2 is 1.57 bits per heavy atom. The lowest BCUT2D eigenvalue weighted by Gasteiger charge is -2.35. The lowest BCUT2D eigenvalue weighted by Crippen LogP contribution is -2.47. The van der Waals surface area contributed by atoms with Gasteiger partial charge in [-0.05, 0) is 23.8 Å². The summed E-state index contributed by atoms with van der Waals surface area (Å²) in [7, 11) is 0. The van der Waals surface area contributed by atoms with Gasteiger partial charge in [0.05, 0.1) is 24.0 Å². The van der Waals surface area contributed by atoms with E-state index in [9.17, 15) is 9.18 Å². The first-order chi connectivity index (χ1) is 13.6. The SMILES string of the molecule is O=c1ccc(N2CCN(c3ncc(Cl)cn3)CC2)nn1Cc1ccc(F)cc1. The second-order valence-electron chi connectivity index (χ2n) is 6.49. The largest absolute Gasteiger partial charge is 0.352 e. The second-order valence-corrected chi connectivity index (χ2v) is 6.93. The Hall–Kier alpha value is -3.00. The molecular formula is C19H18ClFN6O. The third kappa shape index (κ3) is 4.12. The van der Waals surface area contributed by atoms with Crippen molar-refractivity contribution in [1.29, 1.82) is 0 Å². The van der Waals surface area contributed by atoms with E-state index in [0.29, 0.717) is 17.5 Å². The number of aromatic nitrogens is 4. The molecule has 1 saturated heterocycles. The van der Waals surface area contributed by atoms with Gasteiger partial charge in [-0.3, -0.25) is 4.79 Å². The Kier molecular flexibility index (Phi) is 5.21. The summed E-state index contributed by atoms with van der Waals surface area (Å²) in [5.74, 6) is 1.08. The molecule has 0 saturated carbocycles. The number of halogens is 2. The molecule has 7 nitrogen and oxygen atoms in total. The number of hydrogen-bond donors (Lipinski definition) is 0. The van der Waals surface area contributed by atoms with Crippen LogP contribution in [0, 0.1) is 5.82 Å². The van der Waals surface area contributed by atoms with E-state index in [4.69, 9.17) is 11.6 Å². The van der Waals surface area contributed by atoms with Gasteiger partial charge >= 0.3 is 0 Å². The Bertz CT molecular complexity index is 1000. The molecule has 0 unspecified atom stereocenters. The fourth-order valence-electron chi connectivity index (χ4n) is 3.09. The number of nitrogens with zero attached hydrogens (tertiary/aromatic N) is 6. The van der Waals surface area contributed by atoms with Crippen molar-refractivity contribution >= 4 is 23.4 Å². The molecule has 4 rings (SSSR count). The molecule has 3 heterocycles. The fraction of sp³-hybridized carbons (Fsp3) is 0.263. The van der Waals surface area contributed by atoms with Gasteiger partial charge in [0, 0.05) is 32.2 Å². The van der Waals surface area contributed by atoms with Crippen molar-refractivity contribution < 1.29 is 4.39 Å². The van der Waals surface area contributed by atoms with E-state index in [1.54, 1.807) is 30.6 Å². The van der Waals surface area contributed by atoms with Crippen molar-refractivity contribution in [2.24, 2.45) is 0 Å². The first kappa shape index (κ1) is 18.4. The minimum absolute atomic E-state index is 0.193. The van der Waals surface area contributed by atoms with Gasteiger partial charge in [0.25, 0.3) is 5.56 Å². The van der Waals surface area contributed by atoms with Crippen LogP contribution in [-0.4, -0.2) is 45.9 Å². The summed E-state index contributed by atoms with van der Waals surface area (Å²) in [4.78, 5) is 24.9. The number of rotatable bonds is 4. The van der Waals surface area contributed by atoms with Crippen LogP contribution in [0.3, 0.4) is 0 Å². The summed E-state index contributed by atoms with van der Waals surface area (Å²) in [5, 5.41) is 5.00. The molecule has 3 aromatic rings. The average molecular weight is 401 g/mol. The normalized spacial score (nSPS) is 14.4. The molecule has 0 radical (unpaired) electrons. The maximum atomic E-state index is 13.1. The van der Waals surface area contributed by atoms with Gasteiger partial charge in [-0.2, -0.15) is 5.10 Å². The monoisotopic (exact) mass is 400 g/mol. The third-order valence-corrected chi connectivity index (χ3v) is 4.79. The predicted molar refractivity (Wildman–Crippen MR) is 105 cm³/mol. The zero-order valence-electron chi connectivity index (χ0n) is 15.0. The molecule has 1 fully saturated rings. The maximum Gasteiger partial charge on any atom is 0.267 e. The molecule has 1 aliphatic rings.